The van der Waals surface area contributed by atoms with Gasteiger partial charge in [-0.1, -0.05) is 12.1 Å². The maximum Gasteiger partial charge on any atom is 0.169 e. The van der Waals surface area contributed by atoms with E-state index in [4.69, 9.17) is 9.68 Å². The lowest BCUT2D eigenvalue weighted by atomic mass is 10.1. The van der Waals surface area contributed by atoms with Gasteiger partial charge in [0.05, 0.1) is 19.0 Å². The predicted octanol–water partition coefficient (Wildman–Crippen LogP) is 3.72. The summed E-state index contributed by atoms with van der Waals surface area (Å²) < 4.78 is 6.11. The van der Waals surface area contributed by atoms with Crippen molar-refractivity contribution in [2.75, 3.05) is 5.32 Å². The molecule has 1 aromatic carbocycles. The minimum absolute atomic E-state index is 0.450. The number of furan rings is 1. The van der Waals surface area contributed by atoms with Crippen LogP contribution in [0.2, 0.25) is 0 Å². The molecule has 1 N–H and O–H groups in total. The molecule has 1 aromatic heterocycles. The van der Waals surface area contributed by atoms with Crippen molar-refractivity contribution >= 4 is 21.6 Å². The molecule has 0 atom stereocenters. The van der Waals surface area contributed by atoms with Crippen LogP contribution in [0, 0.1) is 11.3 Å². The third kappa shape index (κ3) is 3.36. The van der Waals surface area contributed by atoms with E-state index in [0.717, 1.165) is 21.7 Å². The van der Waals surface area contributed by atoms with E-state index in [1.54, 1.807) is 0 Å². The number of nitriles is 1. The van der Waals surface area contributed by atoms with Gasteiger partial charge < -0.3 is 9.73 Å². The van der Waals surface area contributed by atoms with Gasteiger partial charge in [0.15, 0.2) is 4.67 Å². The van der Waals surface area contributed by atoms with Crippen molar-refractivity contribution in [1.82, 2.24) is 0 Å². The molecule has 4 heteroatoms. The standard InChI is InChI=1S/C13H11BrN2O/c14-13-6-5-12(17-13)9-16-11-3-1-10(2-4-11)7-8-15/h1-6,16H,7,9H2. The van der Waals surface area contributed by atoms with E-state index >= 15 is 0 Å². The van der Waals surface area contributed by atoms with Gasteiger partial charge in [0.1, 0.15) is 5.76 Å². The van der Waals surface area contributed by atoms with Crippen LogP contribution in [-0.2, 0) is 13.0 Å². The number of hydrogen-bond donors (Lipinski definition) is 1. The third-order valence-electron chi connectivity index (χ3n) is 2.33. The van der Waals surface area contributed by atoms with Gasteiger partial charge >= 0.3 is 0 Å². The lowest BCUT2D eigenvalue weighted by Crippen LogP contribution is -1.97. The van der Waals surface area contributed by atoms with Crippen molar-refractivity contribution in [1.29, 1.82) is 5.26 Å². The molecular weight excluding hydrogens is 280 g/mol. The van der Waals surface area contributed by atoms with Gasteiger partial charge in [0, 0.05) is 5.69 Å². The Kier molecular flexibility index (Phi) is 3.84. The summed E-state index contributed by atoms with van der Waals surface area (Å²) in [6.07, 6.45) is 0.450. The lowest BCUT2D eigenvalue weighted by Gasteiger charge is -2.04. The highest BCUT2D eigenvalue weighted by Crippen LogP contribution is 2.16. The highest BCUT2D eigenvalue weighted by Gasteiger charge is 1.99. The molecule has 0 saturated carbocycles. The maximum atomic E-state index is 8.56. The molecule has 0 radical (unpaired) electrons. The molecule has 0 amide bonds. The molecule has 0 unspecified atom stereocenters. The van der Waals surface area contributed by atoms with E-state index in [9.17, 15) is 0 Å². The Bertz CT molecular complexity index is 525. The van der Waals surface area contributed by atoms with Crippen LogP contribution in [0.3, 0.4) is 0 Å². The summed E-state index contributed by atoms with van der Waals surface area (Å²) in [7, 11) is 0. The van der Waals surface area contributed by atoms with E-state index in [-0.39, 0.29) is 0 Å². The zero-order chi connectivity index (χ0) is 12.1. The molecule has 0 aliphatic heterocycles. The molecule has 0 aliphatic carbocycles. The normalized spacial score (nSPS) is 9.88. The second-order valence-corrected chi connectivity index (χ2v) is 4.37. The summed E-state index contributed by atoms with van der Waals surface area (Å²) in [5.74, 6) is 0.873. The second-order valence-electron chi connectivity index (χ2n) is 3.59. The van der Waals surface area contributed by atoms with E-state index < -0.39 is 0 Å². The fourth-order valence-corrected chi connectivity index (χ4v) is 1.81. The van der Waals surface area contributed by atoms with Crippen LogP contribution in [-0.4, -0.2) is 0 Å². The van der Waals surface area contributed by atoms with Crippen molar-refractivity contribution in [2.45, 2.75) is 13.0 Å². The smallest absolute Gasteiger partial charge is 0.169 e. The van der Waals surface area contributed by atoms with Crippen LogP contribution < -0.4 is 5.32 Å². The van der Waals surface area contributed by atoms with E-state index in [0.29, 0.717) is 13.0 Å². The molecule has 2 rings (SSSR count). The average Bonchev–Trinajstić information content (AvgIpc) is 2.75. The highest BCUT2D eigenvalue weighted by molar-refractivity contribution is 9.10. The van der Waals surface area contributed by atoms with Crippen molar-refractivity contribution in [3.63, 3.8) is 0 Å². The fraction of sp³-hybridized carbons (Fsp3) is 0.154. The molecule has 0 spiro atoms. The Labute approximate surface area is 108 Å². The molecule has 2 aromatic rings. The summed E-state index contributed by atoms with van der Waals surface area (Å²) in [5, 5.41) is 11.8. The molecule has 0 fully saturated rings. The van der Waals surface area contributed by atoms with Crippen LogP contribution in [0.25, 0.3) is 0 Å². The number of nitrogens with one attached hydrogen (secondary N) is 1. The Balaban J connectivity index is 1.93. The number of anilines is 1. The molecule has 3 nitrogen and oxygen atoms in total. The number of halogens is 1. The molecule has 17 heavy (non-hydrogen) atoms. The van der Waals surface area contributed by atoms with Gasteiger partial charge in [-0.25, -0.2) is 0 Å². The topological polar surface area (TPSA) is 49.0 Å². The minimum atomic E-state index is 0.450. The zero-order valence-electron chi connectivity index (χ0n) is 9.11. The molecule has 0 bridgehead atoms. The Morgan fingerprint density at radius 1 is 1.18 bits per heavy atom. The molecular formula is C13H11BrN2O. The largest absolute Gasteiger partial charge is 0.452 e. The molecule has 0 aliphatic rings. The van der Waals surface area contributed by atoms with Gasteiger partial charge in [0.2, 0.25) is 0 Å². The van der Waals surface area contributed by atoms with E-state index in [1.807, 2.05) is 36.4 Å². The van der Waals surface area contributed by atoms with Crippen molar-refractivity contribution in [2.24, 2.45) is 0 Å². The number of rotatable bonds is 4. The zero-order valence-corrected chi connectivity index (χ0v) is 10.7. The average molecular weight is 291 g/mol. The first-order valence-corrected chi connectivity index (χ1v) is 6.01. The fourth-order valence-electron chi connectivity index (χ4n) is 1.47. The van der Waals surface area contributed by atoms with Crippen molar-refractivity contribution in [3.8, 4) is 6.07 Å². The van der Waals surface area contributed by atoms with Crippen LogP contribution >= 0.6 is 15.9 Å². The lowest BCUT2D eigenvalue weighted by molar-refractivity contribution is 0.495. The molecule has 1 heterocycles. The Morgan fingerprint density at radius 3 is 2.53 bits per heavy atom. The monoisotopic (exact) mass is 290 g/mol. The number of benzene rings is 1. The quantitative estimate of drug-likeness (QED) is 0.934. The van der Waals surface area contributed by atoms with Gasteiger partial charge in [-0.3, -0.25) is 0 Å². The summed E-state index contributed by atoms with van der Waals surface area (Å²) in [6, 6.07) is 13.7. The Morgan fingerprint density at radius 2 is 1.94 bits per heavy atom. The summed E-state index contributed by atoms with van der Waals surface area (Å²) >= 11 is 3.26. The van der Waals surface area contributed by atoms with Gasteiger partial charge in [-0.15, -0.1) is 0 Å². The van der Waals surface area contributed by atoms with E-state index in [2.05, 4.69) is 27.3 Å². The number of hydrogen-bond acceptors (Lipinski definition) is 3. The summed E-state index contributed by atoms with van der Waals surface area (Å²) in [4.78, 5) is 0. The van der Waals surface area contributed by atoms with Crippen LogP contribution in [0.4, 0.5) is 5.69 Å². The van der Waals surface area contributed by atoms with Gasteiger partial charge in [-0.05, 0) is 45.8 Å². The minimum Gasteiger partial charge on any atom is -0.452 e. The van der Waals surface area contributed by atoms with Crippen molar-refractivity contribution in [3.05, 3.63) is 52.4 Å². The van der Waals surface area contributed by atoms with Crippen LogP contribution in [0.5, 0.6) is 0 Å². The molecule has 0 saturated heterocycles. The van der Waals surface area contributed by atoms with Gasteiger partial charge in [0.25, 0.3) is 0 Å². The first kappa shape index (κ1) is 11.7. The van der Waals surface area contributed by atoms with Crippen molar-refractivity contribution < 1.29 is 4.42 Å². The Hall–Kier alpha value is -1.73. The highest BCUT2D eigenvalue weighted by atomic mass is 79.9. The first-order chi connectivity index (χ1) is 8.28. The summed E-state index contributed by atoms with van der Waals surface area (Å²) in [6.45, 7) is 0.642. The molecule has 86 valence electrons. The SMILES string of the molecule is N#CCc1ccc(NCc2ccc(Br)o2)cc1. The predicted molar refractivity (Wildman–Crippen MR) is 69.5 cm³/mol. The second kappa shape index (κ2) is 5.55. The summed E-state index contributed by atoms with van der Waals surface area (Å²) in [5.41, 5.74) is 2.04. The number of nitrogens with zero attached hydrogens (tertiary/aromatic N) is 1. The van der Waals surface area contributed by atoms with E-state index in [1.165, 1.54) is 0 Å². The maximum absolute atomic E-state index is 8.56. The van der Waals surface area contributed by atoms with Crippen LogP contribution in [0.1, 0.15) is 11.3 Å². The first-order valence-electron chi connectivity index (χ1n) is 5.22. The van der Waals surface area contributed by atoms with Gasteiger partial charge in [-0.2, -0.15) is 5.26 Å². The third-order valence-corrected chi connectivity index (χ3v) is 2.76. The van der Waals surface area contributed by atoms with Crippen LogP contribution in [0.15, 0.2) is 45.5 Å².